The lowest BCUT2D eigenvalue weighted by Gasteiger charge is -2.36. The number of amides is 1. The highest BCUT2D eigenvalue weighted by atomic mass is 16.6. The summed E-state index contributed by atoms with van der Waals surface area (Å²) in [6.07, 6.45) is -1.67. The van der Waals surface area contributed by atoms with Gasteiger partial charge in [0.05, 0.1) is 48.9 Å². The van der Waals surface area contributed by atoms with Crippen LogP contribution in [0.3, 0.4) is 0 Å². The Morgan fingerprint density at radius 1 is 1.06 bits per heavy atom. The second-order valence-corrected chi connectivity index (χ2v) is 11.8. The summed E-state index contributed by atoms with van der Waals surface area (Å²) in [5, 5.41) is 39.0. The molecule has 0 radical (unpaired) electrons. The predicted octanol–water partition coefficient (Wildman–Crippen LogP) is 3.73. The number of carboxylic acids is 1. The lowest BCUT2D eigenvalue weighted by atomic mass is 9.80. The molecular formula is C34H44N4O11. The number of nitro benzene ring substituents is 1. The van der Waals surface area contributed by atoms with E-state index in [1.165, 1.54) is 36.3 Å². The Morgan fingerprint density at radius 3 is 2.35 bits per heavy atom. The van der Waals surface area contributed by atoms with Crippen LogP contribution in [0.1, 0.15) is 46.1 Å². The Labute approximate surface area is 284 Å². The summed E-state index contributed by atoms with van der Waals surface area (Å²) >= 11 is 0. The molecule has 0 saturated heterocycles. The van der Waals surface area contributed by atoms with Gasteiger partial charge in [0.2, 0.25) is 0 Å². The van der Waals surface area contributed by atoms with E-state index < -0.39 is 40.5 Å². The molecule has 3 rings (SSSR count). The Morgan fingerprint density at radius 2 is 1.73 bits per heavy atom. The molecule has 0 aliphatic carbocycles. The van der Waals surface area contributed by atoms with Crippen LogP contribution in [0.15, 0.2) is 71.1 Å². The summed E-state index contributed by atoms with van der Waals surface area (Å²) in [5.74, 6) is -2.47. The first-order chi connectivity index (χ1) is 23.2. The van der Waals surface area contributed by atoms with Crippen LogP contribution in [0, 0.1) is 10.1 Å². The van der Waals surface area contributed by atoms with Gasteiger partial charge in [-0.2, -0.15) is 0 Å². The van der Waals surface area contributed by atoms with Crippen molar-refractivity contribution in [1.29, 1.82) is 0 Å². The van der Waals surface area contributed by atoms with Gasteiger partial charge in [-0.25, -0.2) is 14.4 Å². The van der Waals surface area contributed by atoms with E-state index >= 15 is 0 Å². The number of para-hydroxylation sites is 2. The standard InChI is InChI=1S/C34H44N4O11/c1-7-47-32(42)28-21(3)36-25(30(31(40)41)29(28)22-12-11-13-23(16-22)38(44)45)18-37(33(43)48-8-2)20-34(4,5)35-17-24(39)19-49-27-15-10-9-14-26(27)46-6/h9-16,24,29,35-36,39H,7-8,17-20H2,1-6H3,(H,40,41). The minimum Gasteiger partial charge on any atom is -0.493 e. The van der Waals surface area contributed by atoms with Gasteiger partial charge in [-0.15, -0.1) is 0 Å². The third kappa shape index (κ3) is 10.2. The number of benzene rings is 2. The molecule has 0 bridgehead atoms. The molecule has 1 aliphatic rings. The number of nitrogens with zero attached hydrogens (tertiary/aromatic N) is 2. The number of carboxylic acid groups (broad SMARTS) is 1. The van der Waals surface area contributed by atoms with Gasteiger partial charge in [-0.05, 0) is 52.3 Å². The highest BCUT2D eigenvalue weighted by molar-refractivity contribution is 5.99. The van der Waals surface area contributed by atoms with Crippen molar-refractivity contribution in [3.05, 3.63) is 86.7 Å². The van der Waals surface area contributed by atoms with E-state index in [-0.39, 0.29) is 73.2 Å². The summed E-state index contributed by atoms with van der Waals surface area (Å²) in [6.45, 7) is 8.19. The van der Waals surface area contributed by atoms with E-state index in [0.717, 1.165) is 0 Å². The molecule has 0 fully saturated rings. The van der Waals surface area contributed by atoms with Crippen molar-refractivity contribution in [2.75, 3.05) is 46.6 Å². The van der Waals surface area contributed by atoms with Crippen molar-refractivity contribution in [3.8, 4) is 11.5 Å². The number of carbonyl (C=O) groups excluding carboxylic acids is 2. The minimum atomic E-state index is -1.41. The number of allylic oxidation sites excluding steroid dienone is 1. The number of nitro groups is 1. The average molecular weight is 685 g/mol. The Bertz CT molecular complexity index is 1590. The van der Waals surface area contributed by atoms with E-state index in [1.54, 1.807) is 58.9 Å². The van der Waals surface area contributed by atoms with Crippen molar-refractivity contribution >= 4 is 23.7 Å². The first-order valence-electron chi connectivity index (χ1n) is 15.7. The van der Waals surface area contributed by atoms with Crippen molar-refractivity contribution in [1.82, 2.24) is 15.5 Å². The number of methoxy groups -OCH3 is 1. The normalized spacial score (nSPS) is 15.2. The van der Waals surface area contributed by atoms with Crippen LogP contribution in [0.2, 0.25) is 0 Å². The number of hydrogen-bond donors (Lipinski definition) is 4. The molecule has 0 spiro atoms. The quantitative estimate of drug-likeness (QED) is 0.107. The Kier molecular flexibility index (Phi) is 13.5. The zero-order valence-corrected chi connectivity index (χ0v) is 28.5. The average Bonchev–Trinajstić information content (AvgIpc) is 3.05. The molecule has 49 heavy (non-hydrogen) atoms. The fourth-order valence-corrected chi connectivity index (χ4v) is 5.41. The number of dihydropyridines is 1. The summed E-state index contributed by atoms with van der Waals surface area (Å²) in [4.78, 5) is 51.7. The van der Waals surface area contributed by atoms with Gasteiger partial charge in [0, 0.05) is 42.2 Å². The van der Waals surface area contributed by atoms with Gasteiger partial charge in [0.1, 0.15) is 12.7 Å². The first kappa shape index (κ1) is 38.3. The molecular weight excluding hydrogens is 640 g/mol. The number of aliphatic carboxylic acids is 1. The molecule has 2 aromatic carbocycles. The van der Waals surface area contributed by atoms with Crippen molar-refractivity contribution < 1.29 is 48.5 Å². The molecule has 1 heterocycles. The topological polar surface area (TPSA) is 199 Å². The van der Waals surface area contributed by atoms with E-state index in [4.69, 9.17) is 18.9 Å². The van der Waals surface area contributed by atoms with Gasteiger partial charge in [0.25, 0.3) is 5.69 Å². The number of carbonyl (C=O) groups is 3. The smallest absolute Gasteiger partial charge is 0.410 e. The van der Waals surface area contributed by atoms with Crippen LogP contribution in [0.4, 0.5) is 10.5 Å². The highest BCUT2D eigenvalue weighted by Gasteiger charge is 2.40. The molecule has 1 aliphatic heterocycles. The fraction of sp³-hybridized carbons (Fsp3) is 0.441. The molecule has 0 aromatic heterocycles. The number of β-amino-alcohol motifs (C(OH)–C–C–N with tert-alkyl or cyclic N) is 1. The molecule has 266 valence electrons. The molecule has 2 atom stereocenters. The van der Waals surface area contributed by atoms with E-state index in [2.05, 4.69) is 10.6 Å². The van der Waals surface area contributed by atoms with Crippen LogP contribution >= 0.6 is 0 Å². The minimum absolute atomic E-state index is 0.00102. The van der Waals surface area contributed by atoms with Gasteiger partial charge in [-0.1, -0.05) is 24.3 Å². The van der Waals surface area contributed by atoms with E-state index in [0.29, 0.717) is 11.5 Å². The Balaban J connectivity index is 1.92. The number of ether oxygens (including phenoxy) is 4. The number of aliphatic hydroxyl groups excluding tert-OH is 1. The number of aliphatic hydroxyl groups is 1. The molecule has 1 amide bonds. The second kappa shape index (κ2) is 17.3. The molecule has 15 nitrogen and oxygen atoms in total. The maximum Gasteiger partial charge on any atom is 0.410 e. The molecule has 2 aromatic rings. The fourth-order valence-electron chi connectivity index (χ4n) is 5.41. The lowest BCUT2D eigenvalue weighted by molar-refractivity contribution is -0.384. The molecule has 0 saturated carbocycles. The van der Waals surface area contributed by atoms with Gasteiger partial charge in [0.15, 0.2) is 11.5 Å². The molecule has 2 unspecified atom stereocenters. The third-order valence-corrected chi connectivity index (χ3v) is 7.56. The second-order valence-electron chi connectivity index (χ2n) is 11.8. The van der Waals surface area contributed by atoms with Gasteiger partial charge >= 0.3 is 18.0 Å². The van der Waals surface area contributed by atoms with Crippen LogP contribution in [-0.4, -0.2) is 96.3 Å². The van der Waals surface area contributed by atoms with E-state index in [9.17, 15) is 34.7 Å². The van der Waals surface area contributed by atoms with Crippen LogP contribution in [-0.2, 0) is 19.1 Å². The number of nitrogens with one attached hydrogen (secondary N) is 2. The van der Waals surface area contributed by atoms with Crippen LogP contribution in [0.5, 0.6) is 11.5 Å². The predicted molar refractivity (Wildman–Crippen MR) is 178 cm³/mol. The van der Waals surface area contributed by atoms with Gasteiger partial charge in [-0.3, -0.25) is 10.1 Å². The summed E-state index contributed by atoms with van der Waals surface area (Å²) in [7, 11) is 1.51. The SMILES string of the molecule is CCOC(=O)C1=C(C)NC(CN(CC(C)(C)NCC(O)COc2ccccc2OC)C(=O)OCC)=C(C(=O)O)C1c1cccc([N+](=O)[O-])c1. The van der Waals surface area contributed by atoms with Crippen LogP contribution in [0.25, 0.3) is 0 Å². The summed E-state index contributed by atoms with van der Waals surface area (Å²) in [6, 6.07) is 12.4. The highest BCUT2D eigenvalue weighted by Crippen LogP contribution is 2.40. The summed E-state index contributed by atoms with van der Waals surface area (Å²) in [5.41, 5.74) is -0.938. The lowest BCUT2D eigenvalue weighted by Crippen LogP contribution is -2.54. The first-order valence-corrected chi connectivity index (χ1v) is 15.7. The van der Waals surface area contributed by atoms with Crippen LogP contribution < -0.4 is 20.1 Å². The molecule has 15 heteroatoms. The largest absolute Gasteiger partial charge is 0.493 e. The number of hydrogen-bond acceptors (Lipinski definition) is 12. The van der Waals surface area contributed by atoms with Crippen molar-refractivity contribution in [2.24, 2.45) is 0 Å². The van der Waals surface area contributed by atoms with Gasteiger partial charge < -0.3 is 44.7 Å². The maximum absolute atomic E-state index is 13.3. The summed E-state index contributed by atoms with van der Waals surface area (Å²) < 4.78 is 21.5. The van der Waals surface area contributed by atoms with Crippen molar-refractivity contribution in [2.45, 2.75) is 52.2 Å². The van der Waals surface area contributed by atoms with E-state index in [1.807, 2.05) is 0 Å². The zero-order chi connectivity index (χ0) is 36.3. The molecule has 4 N–H and O–H groups in total. The maximum atomic E-state index is 13.3. The Hall–Kier alpha value is -5.15. The monoisotopic (exact) mass is 684 g/mol. The zero-order valence-electron chi connectivity index (χ0n) is 28.5. The number of non-ortho nitro benzene ring substituents is 1. The number of rotatable bonds is 17. The van der Waals surface area contributed by atoms with Crippen molar-refractivity contribution in [3.63, 3.8) is 0 Å². The number of esters is 1. The third-order valence-electron chi connectivity index (χ3n) is 7.56.